The molecule has 0 radical (unpaired) electrons. The number of rotatable bonds is 4. The molecule has 0 aliphatic carbocycles. The van der Waals surface area contributed by atoms with Gasteiger partial charge in [-0.15, -0.1) is 0 Å². The molecule has 2 aromatic carbocycles. The van der Waals surface area contributed by atoms with E-state index in [-0.39, 0.29) is 11.5 Å². The maximum atomic E-state index is 9.31. The van der Waals surface area contributed by atoms with E-state index in [4.69, 9.17) is 11.6 Å². The van der Waals surface area contributed by atoms with Crippen molar-refractivity contribution >= 4 is 35.9 Å². The number of hydrogen-bond donors (Lipinski definition) is 2. The summed E-state index contributed by atoms with van der Waals surface area (Å²) < 4.78 is 0. The molecule has 2 N–H and O–H groups in total. The largest absolute Gasteiger partial charge is 0.508 e. The highest BCUT2D eigenvalue weighted by Crippen LogP contribution is 2.18. The summed E-state index contributed by atoms with van der Waals surface area (Å²) in [5.74, 6) is 0.472. The zero-order valence-corrected chi connectivity index (χ0v) is 14.1. The van der Waals surface area contributed by atoms with Crippen LogP contribution in [0.25, 0.3) is 24.3 Å². The van der Waals surface area contributed by atoms with E-state index in [0.717, 1.165) is 22.5 Å². The summed E-state index contributed by atoms with van der Waals surface area (Å²) in [6.07, 6.45) is 7.56. The maximum Gasteiger partial charge on any atom is 0.115 e. The second-order valence-corrected chi connectivity index (χ2v) is 5.92. The standard InChI is InChI=1S/C21H16ClNO2/c22-17-13-18(7-1-15-3-9-20(24)10-4-15)23-19(14-17)8-2-16-5-11-21(25)12-6-16/h1-14,24-25H. The normalized spacial score (nSPS) is 11.4. The lowest BCUT2D eigenvalue weighted by molar-refractivity contribution is 0.474. The fraction of sp³-hybridized carbons (Fsp3) is 0. The summed E-state index contributed by atoms with van der Waals surface area (Å²) in [7, 11) is 0. The quantitative estimate of drug-likeness (QED) is 0.655. The first-order valence-corrected chi connectivity index (χ1v) is 8.08. The molecule has 3 rings (SSSR count). The number of hydrogen-bond acceptors (Lipinski definition) is 3. The Hall–Kier alpha value is -3.04. The summed E-state index contributed by atoms with van der Waals surface area (Å²) in [4.78, 5) is 4.54. The van der Waals surface area contributed by atoms with E-state index in [1.54, 1.807) is 36.4 Å². The van der Waals surface area contributed by atoms with Gasteiger partial charge in [0.1, 0.15) is 11.5 Å². The van der Waals surface area contributed by atoms with Crippen LogP contribution in [0.4, 0.5) is 0 Å². The van der Waals surface area contributed by atoms with E-state index >= 15 is 0 Å². The number of benzene rings is 2. The number of halogens is 1. The monoisotopic (exact) mass is 349 g/mol. The van der Waals surface area contributed by atoms with Crippen LogP contribution < -0.4 is 0 Å². The van der Waals surface area contributed by atoms with Crippen LogP contribution in [0.3, 0.4) is 0 Å². The highest BCUT2D eigenvalue weighted by Gasteiger charge is 1.98. The number of pyridine rings is 1. The van der Waals surface area contributed by atoms with E-state index in [1.165, 1.54) is 0 Å². The van der Waals surface area contributed by atoms with Crippen LogP contribution in [-0.4, -0.2) is 15.2 Å². The van der Waals surface area contributed by atoms with Crippen LogP contribution >= 0.6 is 11.6 Å². The summed E-state index contributed by atoms with van der Waals surface area (Å²) >= 11 is 6.18. The minimum absolute atomic E-state index is 0.236. The Labute approximate surface area is 151 Å². The molecular weight excluding hydrogens is 334 g/mol. The van der Waals surface area contributed by atoms with E-state index in [0.29, 0.717) is 5.02 Å². The molecule has 0 saturated heterocycles. The van der Waals surface area contributed by atoms with Crippen molar-refractivity contribution in [1.29, 1.82) is 0 Å². The van der Waals surface area contributed by atoms with Crippen molar-refractivity contribution in [3.05, 3.63) is 88.2 Å². The van der Waals surface area contributed by atoms with Gasteiger partial charge in [-0.1, -0.05) is 48.0 Å². The first-order chi connectivity index (χ1) is 12.1. The average Bonchev–Trinajstić information content (AvgIpc) is 2.60. The highest BCUT2D eigenvalue weighted by molar-refractivity contribution is 6.30. The maximum absolute atomic E-state index is 9.31. The molecule has 0 fully saturated rings. The van der Waals surface area contributed by atoms with Gasteiger partial charge in [-0.25, -0.2) is 4.98 Å². The van der Waals surface area contributed by atoms with E-state index in [2.05, 4.69) is 4.98 Å². The lowest BCUT2D eigenvalue weighted by atomic mass is 10.1. The number of aromatic hydroxyl groups is 2. The minimum atomic E-state index is 0.236. The van der Waals surface area contributed by atoms with Gasteiger partial charge < -0.3 is 10.2 Å². The molecule has 4 heteroatoms. The van der Waals surface area contributed by atoms with Gasteiger partial charge in [-0.05, 0) is 59.7 Å². The van der Waals surface area contributed by atoms with Crippen molar-refractivity contribution in [2.45, 2.75) is 0 Å². The molecule has 1 aromatic heterocycles. The molecule has 0 saturated carbocycles. The fourth-order valence-electron chi connectivity index (χ4n) is 2.24. The Balaban J connectivity index is 1.80. The van der Waals surface area contributed by atoms with Crippen LogP contribution in [0.5, 0.6) is 11.5 Å². The van der Waals surface area contributed by atoms with Gasteiger partial charge >= 0.3 is 0 Å². The van der Waals surface area contributed by atoms with Crippen molar-refractivity contribution in [2.24, 2.45) is 0 Å². The van der Waals surface area contributed by atoms with E-state index < -0.39 is 0 Å². The van der Waals surface area contributed by atoms with Gasteiger partial charge in [0, 0.05) is 5.02 Å². The molecule has 0 aliphatic rings. The number of phenols is 2. The Kier molecular flexibility index (Phi) is 5.17. The second-order valence-electron chi connectivity index (χ2n) is 5.48. The Morgan fingerprint density at radius 1 is 0.640 bits per heavy atom. The topological polar surface area (TPSA) is 53.4 Å². The molecule has 0 aliphatic heterocycles. The van der Waals surface area contributed by atoms with Crippen LogP contribution in [0.1, 0.15) is 22.5 Å². The third kappa shape index (κ3) is 4.96. The van der Waals surface area contributed by atoms with E-state index in [9.17, 15) is 10.2 Å². The number of nitrogens with zero attached hydrogens (tertiary/aromatic N) is 1. The fourth-order valence-corrected chi connectivity index (χ4v) is 2.47. The number of phenolic OH excluding ortho intramolecular Hbond substituents is 2. The summed E-state index contributed by atoms with van der Waals surface area (Å²) in [5, 5.41) is 19.2. The summed E-state index contributed by atoms with van der Waals surface area (Å²) in [5.41, 5.74) is 3.40. The predicted molar refractivity (Wildman–Crippen MR) is 103 cm³/mol. The van der Waals surface area contributed by atoms with Gasteiger partial charge in [-0.3, -0.25) is 0 Å². The van der Waals surface area contributed by atoms with Gasteiger partial charge in [-0.2, -0.15) is 0 Å². The first-order valence-electron chi connectivity index (χ1n) is 7.70. The van der Waals surface area contributed by atoms with Gasteiger partial charge in [0.15, 0.2) is 0 Å². The second kappa shape index (κ2) is 7.69. The van der Waals surface area contributed by atoms with Crippen molar-refractivity contribution in [2.75, 3.05) is 0 Å². The molecule has 124 valence electrons. The molecule has 0 atom stereocenters. The molecule has 0 amide bonds. The highest BCUT2D eigenvalue weighted by atomic mass is 35.5. The average molecular weight is 350 g/mol. The molecule has 0 bridgehead atoms. The Morgan fingerprint density at radius 3 is 1.44 bits per heavy atom. The molecule has 3 nitrogen and oxygen atoms in total. The smallest absolute Gasteiger partial charge is 0.115 e. The Morgan fingerprint density at radius 2 is 1.04 bits per heavy atom. The summed E-state index contributed by atoms with van der Waals surface area (Å²) in [6, 6.07) is 17.4. The van der Waals surface area contributed by atoms with E-state index in [1.807, 2.05) is 48.6 Å². The zero-order valence-electron chi connectivity index (χ0n) is 13.3. The SMILES string of the molecule is Oc1ccc(C=Cc2cc(Cl)cc(C=Cc3ccc(O)cc3)n2)cc1. The lowest BCUT2D eigenvalue weighted by Gasteiger charge is -2.00. The van der Waals surface area contributed by atoms with Crippen molar-refractivity contribution < 1.29 is 10.2 Å². The van der Waals surface area contributed by atoms with Crippen molar-refractivity contribution in [1.82, 2.24) is 4.98 Å². The minimum Gasteiger partial charge on any atom is -0.508 e. The van der Waals surface area contributed by atoms with Gasteiger partial charge in [0.05, 0.1) is 11.4 Å². The van der Waals surface area contributed by atoms with Gasteiger partial charge in [0.25, 0.3) is 0 Å². The predicted octanol–water partition coefficient (Wildman–Crippen LogP) is 5.49. The van der Waals surface area contributed by atoms with Crippen LogP contribution in [0.15, 0.2) is 60.7 Å². The molecule has 0 spiro atoms. The van der Waals surface area contributed by atoms with Crippen molar-refractivity contribution in [3.8, 4) is 11.5 Å². The summed E-state index contributed by atoms with van der Waals surface area (Å²) in [6.45, 7) is 0. The third-order valence-corrected chi connectivity index (χ3v) is 3.73. The number of aromatic nitrogens is 1. The van der Waals surface area contributed by atoms with Gasteiger partial charge in [0.2, 0.25) is 0 Å². The van der Waals surface area contributed by atoms with Crippen molar-refractivity contribution in [3.63, 3.8) is 0 Å². The van der Waals surface area contributed by atoms with Crippen LogP contribution in [0.2, 0.25) is 5.02 Å². The van der Waals surface area contributed by atoms with Crippen LogP contribution in [-0.2, 0) is 0 Å². The lowest BCUT2D eigenvalue weighted by Crippen LogP contribution is -1.86. The first kappa shape index (κ1) is 16.8. The molecule has 1 heterocycles. The molecule has 25 heavy (non-hydrogen) atoms. The zero-order chi connectivity index (χ0) is 17.6. The third-order valence-electron chi connectivity index (χ3n) is 3.51. The molecule has 0 unspecified atom stereocenters. The Bertz CT molecular complexity index is 840. The van der Waals surface area contributed by atoms with Crippen LogP contribution in [0, 0.1) is 0 Å². The molecular formula is C21H16ClNO2. The molecule has 3 aromatic rings.